The van der Waals surface area contributed by atoms with Gasteiger partial charge in [-0.2, -0.15) is 0 Å². The molecule has 0 N–H and O–H groups in total. The molecule has 0 spiro atoms. The van der Waals surface area contributed by atoms with Crippen LogP contribution in [-0.2, 0) is 0 Å². The van der Waals surface area contributed by atoms with Gasteiger partial charge in [0.15, 0.2) is 0 Å². The van der Waals surface area contributed by atoms with E-state index in [9.17, 15) is 11.0 Å². The Balaban J connectivity index is 1.54. The second-order valence-electron chi connectivity index (χ2n) is 9.56. The predicted octanol–water partition coefficient (Wildman–Crippen LogP) is 11.5. The van der Waals surface area contributed by atoms with E-state index in [4.69, 9.17) is 29.1 Å². The maximum absolute atomic E-state index is 9.76. The zero-order valence-corrected chi connectivity index (χ0v) is 21.6. The fraction of sp³-hybridized carbons (Fsp3) is 0.0476. The summed E-state index contributed by atoms with van der Waals surface area (Å²) < 4.78 is 238. The van der Waals surface area contributed by atoms with Crippen molar-refractivity contribution in [3.05, 3.63) is 163 Å². The maximum atomic E-state index is 9.76. The van der Waals surface area contributed by atoms with Gasteiger partial charge in [-0.3, -0.25) is 0 Å². The number of benzene rings is 6. The van der Waals surface area contributed by atoms with Crippen LogP contribution in [0.5, 0.6) is 0 Å². The smallest absolute Gasteiger partial charge is 0.136 e. The Hall–Kier alpha value is -5.40. The Morgan fingerprint density at radius 1 is 0.512 bits per heavy atom. The average Bonchev–Trinajstić information content (AvgIpc) is 3.72. The van der Waals surface area contributed by atoms with E-state index < -0.39 is 246 Å². The van der Waals surface area contributed by atoms with Crippen LogP contribution in [0.15, 0.2) is 162 Å². The van der Waals surface area contributed by atoms with Crippen LogP contribution in [0.25, 0.3) is 71.3 Å². The monoisotopic (exact) mass is 574 g/mol. The summed E-state index contributed by atoms with van der Waals surface area (Å²) in [5.74, 6) is -3.29. The molecule has 0 aliphatic heterocycles. The summed E-state index contributed by atoms with van der Waals surface area (Å²) in [7, 11) is 0. The zero-order valence-electron chi connectivity index (χ0n) is 47.6. The van der Waals surface area contributed by atoms with Crippen molar-refractivity contribution < 1.29 is 40.1 Å². The molecule has 0 bridgehead atoms. The number of furan rings is 1. The first-order valence-corrected chi connectivity index (χ1v) is 12.9. The van der Waals surface area contributed by atoms with Gasteiger partial charge in [-0.25, -0.2) is 0 Å². The van der Waals surface area contributed by atoms with Crippen LogP contribution in [0.4, 0.5) is 0 Å². The van der Waals surface area contributed by atoms with E-state index in [1.807, 2.05) is 0 Å². The van der Waals surface area contributed by atoms with Crippen LogP contribution in [0.2, 0.25) is 0 Å². The van der Waals surface area contributed by atoms with Crippen molar-refractivity contribution in [3.8, 4) is 22.3 Å². The van der Waals surface area contributed by atoms with Gasteiger partial charge in [0.1, 0.15) is 11.2 Å². The molecule has 1 heterocycles. The van der Waals surface area contributed by atoms with Crippen molar-refractivity contribution in [2.24, 2.45) is 11.8 Å². The highest BCUT2D eigenvalue weighted by Gasteiger charge is 2.26. The van der Waals surface area contributed by atoms with Gasteiger partial charge in [0.2, 0.25) is 0 Å². The number of rotatable bonds is 3. The molecule has 0 saturated carbocycles. The van der Waals surface area contributed by atoms with Crippen LogP contribution in [0, 0.1) is 11.8 Å². The molecule has 2 atom stereocenters. The number of hydrogen-bond donors (Lipinski definition) is 0. The van der Waals surface area contributed by atoms with Gasteiger partial charge in [0.05, 0.1) is 35.6 Å². The minimum absolute atomic E-state index is 0.476. The first-order valence-electron chi connectivity index (χ1n) is 25.9. The quantitative estimate of drug-likeness (QED) is 0.191. The van der Waals surface area contributed by atoms with E-state index in [-0.39, 0.29) is 0 Å². The summed E-state index contributed by atoms with van der Waals surface area (Å²) >= 11 is 0. The molecule has 0 fully saturated rings. The molecule has 2 unspecified atom stereocenters. The fourth-order valence-electron chi connectivity index (χ4n) is 5.50. The molecule has 7 aromatic rings. The van der Waals surface area contributed by atoms with Gasteiger partial charge in [-0.1, -0.05) is 139 Å². The van der Waals surface area contributed by atoms with E-state index in [0.717, 1.165) is 0 Å². The normalized spacial score (nSPS) is 27.7. The topological polar surface area (TPSA) is 13.1 Å². The minimum atomic E-state index is -1.67. The number of fused-ring (bicyclic) bond motifs is 6. The molecule has 43 heavy (non-hydrogen) atoms. The molecule has 2 aliphatic carbocycles. The highest BCUT2D eigenvalue weighted by molar-refractivity contribution is 6.22. The Morgan fingerprint density at radius 3 is 1.91 bits per heavy atom. The second-order valence-corrected chi connectivity index (χ2v) is 9.56. The van der Waals surface area contributed by atoms with Gasteiger partial charge in [-0.15, -0.1) is 0 Å². The maximum Gasteiger partial charge on any atom is 0.136 e. The Labute approximate surface area is 286 Å². The third kappa shape index (κ3) is 3.72. The third-order valence-corrected chi connectivity index (χ3v) is 7.30. The van der Waals surface area contributed by atoms with Crippen molar-refractivity contribution >= 4 is 49.1 Å². The van der Waals surface area contributed by atoms with E-state index >= 15 is 0 Å². The van der Waals surface area contributed by atoms with E-state index in [1.54, 1.807) is 0 Å². The van der Waals surface area contributed by atoms with E-state index in [1.165, 1.54) is 0 Å². The minimum Gasteiger partial charge on any atom is -0.456 e. The average molecular weight is 575 g/mol. The lowest BCUT2D eigenvalue weighted by atomic mass is 9.76. The first kappa shape index (κ1) is 9.82. The van der Waals surface area contributed by atoms with Crippen molar-refractivity contribution in [2.45, 2.75) is 0 Å². The van der Waals surface area contributed by atoms with Gasteiger partial charge >= 0.3 is 0 Å². The fourth-order valence-corrected chi connectivity index (χ4v) is 5.50. The molecule has 0 radical (unpaired) electrons. The molecule has 1 nitrogen and oxygen atoms in total. The lowest BCUT2D eigenvalue weighted by molar-refractivity contribution is 0.668. The lowest BCUT2D eigenvalue weighted by Crippen LogP contribution is -2.15. The number of allylic oxidation sites excluding steroid dienone is 8. The molecule has 9 rings (SSSR count). The summed E-state index contributed by atoms with van der Waals surface area (Å²) in [6, 6.07) is -22.6. The van der Waals surface area contributed by atoms with Crippen LogP contribution in [0.1, 0.15) is 41.2 Å². The Morgan fingerprint density at radius 2 is 1.16 bits per heavy atom. The van der Waals surface area contributed by atoms with Gasteiger partial charge in [0, 0.05) is 22.6 Å². The van der Waals surface area contributed by atoms with Gasteiger partial charge in [0.25, 0.3) is 0 Å². The third-order valence-electron chi connectivity index (χ3n) is 7.30. The highest BCUT2D eigenvalue weighted by atomic mass is 16.3. The lowest BCUT2D eigenvalue weighted by Gasteiger charge is -2.27. The SMILES string of the molecule is [2H]C1=C([2H])C2C([2H])=C([2H])C([2H])=C(c3c([2H])c([2H])c([2H])c4oc5c([2H])c(-c6c7c([2H])c([2H])c([2H])c([2H])c7c(-c7c([2H])c([2H])c([2H])c([2H])c7[2H])c7c([2H])c([2H])c([2H])c([2H])c67)c([2H])c([2H])c5c34)C2C([2H])=C1[2H]. The van der Waals surface area contributed by atoms with Crippen LogP contribution in [0.3, 0.4) is 0 Å². The first-order chi connectivity index (χ1) is 32.2. The van der Waals surface area contributed by atoms with E-state index in [2.05, 4.69) is 0 Å². The molecule has 0 amide bonds. The Bertz CT molecular complexity index is 3690. The molecule has 1 aromatic heterocycles. The number of hydrogen-bond acceptors (Lipinski definition) is 1. The molecular weight excluding hydrogens is 520 g/mol. The summed E-state index contributed by atoms with van der Waals surface area (Å²) in [6.45, 7) is 0. The van der Waals surface area contributed by atoms with Gasteiger partial charge in [-0.05, 0) is 73.1 Å². The summed E-state index contributed by atoms with van der Waals surface area (Å²) in [5, 5.41) is -3.70. The van der Waals surface area contributed by atoms with Crippen molar-refractivity contribution in [1.82, 2.24) is 0 Å². The van der Waals surface area contributed by atoms with Crippen LogP contribution >= 0.6 is 0 Å². The molecule has 0 saturated heterocycles. The second kappa shape index (κ2) is 9.58. The van der Waals surface area contributed by atoms with Crippen molar-refractivity contribution in [2.75, 3.05) is 0 Å². The molecule has 1 heteroatoms. The van der Waals surface area contributed by atoms with Gasteiger partial charge < -0.3 is 4.42 Å². The molecule has 6 aromatic carbocycles. The summed E-state index contributed by atoms with van der Waals surface area (Å²) in [6.07, 6.45) is 0. The zero-order chi connectivity index (χ0) is 51.0. The summed E-state index contributed by atoms with van der Waals surface area (Å²) in [4.78, 5) is 0. The Kier molecular flexibility index (Phi) is 2.19. The van der Waals surface area contributed by atoms with Crippen LogP contribution < -0.4 is 0 Å². The van der Waals surface area contributed by atoms with Crippen LogP contribution in [-0.4, -0.2) is 0 Å². The molecular formula is C42H28O. The highest BCUT2D eigenvalue weighted by Crippen LogP contribution is 2.46. The predicted molar refractivity (Wildman–Crippen MR) is 182 cm³/mol. The van der Waals surface area contributed by atoms with E-state index in [0.29, 0.717) is 0 Å². The molecule has 2 aliphatic rings. The van der Waals surface area contributed by atoms with Crippen molar-refractivity contribution in [1.29, 1.82) is 0 Å². The standard InChI is InChI=1S/C42H28O/c1-2-13-28(14-3-1)40-33-17-6-8-19-35(33)41(36-20-9-7-18-34(36)40)29-24-25-37-39(26-29)43-38-23-11-22-32(42(37)38)31-21-10-15-27-12-4-5-16-30(27)31/h1-27,30H/i1D,2D,3D,4D,5D,6D,7D,8D,9D,10D,11D,12D,13D,14D,15D,16D,17D,18D,19D,20D,21D,22D,23D,24D,25D,26D. The largest absolute Gasteiger partial charge is 0.456 e. The van der Waals surface area contributed by atoms with Crippen molar-refractivity contribution in [3.63, 3.8) is 0 Å². The molecule has 202 valence electrons. The summed E-state index contributed by atoms with van der Waals surface area (Å²) in [5.41, 5.74) is -5.20.